The fourth-order valence-corrected chi connectivity index (χ4v) is 2.12. The van der Waals surface area contributed by atoms with Crippen LogP contribution in [0.15, 0.2) is 28.7 Å². The summed E-state index contributed by atoms with van der Waals surface area (Å²) in [6, 6.07) is 5.66. The summed E-state index contributed by atoms with van der Waals surface area (Å²) in [7, 11) is 0. The molecule has 0 aromatic heterocycles. The van der Waals surface area contributed by atoms with E-state index in [-0.39, 0.29) is 19.9 Å². The molecule has 2 N–H and O–H groups in total. The first-order valence-corrected chi connectivity index (χ1v) is 6.92. The Bertz CT molecular complexity index is 560. The highest BCUT2D eigenvalue weighted by Crippen LogP contribution is 2.11. The molecule has 0 spiro atoms. The molecule has 1 aliphatic rings. The summed E-state index contributed by atoms with van der Waals surface area (Å²) in [4.78, 5) is 35.8. The molecule has 2 rings (SSSR count). The Morgan fingerprint density at radius 3 is 2.62 bits per heavy atom. The fourth-order valence-electron chi connectivity index (χ4n) is 1.85. The topological polar surface area (TPSA) is 95.9 Å². The van der Waals surface area contributed by atoms with E-state index in [1.807, 2.05) is 0 Å². The van der Waals surface area contributed by atoms with Crippen LogP contribution in [0.5, 0.6) is 0 Å². The van der Waals surface area contributed by atoms with Gasteiger partial charge in [-0.2, -0.15) is 0 Å². The highest BCUT2D eigenvalue weighted by molar-refractivity contribution is 9.10. The Kier molecular flexibility index (Phi) is 4.92. The third-order valence-electron chi connectivity index (χ3n) is 2.99. The van der Waals surface area contributed by atoms with Crippen molar-refractivity contribution in [3.8, 4) is 0 Å². The smallest absolute Gasteiger partial charge is 0.328 e. The number of nitrogens with zero attached hydrogens (tertiary/aromatic N) is 1. The van der Waals surface area contributed by atoms with Crippen LogP contribution in [-0.4, -0.2) is 53.7 Å². The Hall–Kier alpha value is -1.93. The highest BCUT2D eigenvalue weighted by atomic mass is 79.9. The maximum absolute atomic E-state index is 11.9. The van der Waals surface area contributed by atoms with Gasteiger partial charge in [-0.15, -0.1) is 0 Å². The molecule has 1 aromatic rings. The average molecular weight is 357 g/mol. The third kappa shape index (κ3) is 3.79. The lowest BCUT2D eigenvalue weighted by atomic mass is 10.2. The number of benzene rings is 1. The van der Waals surface area contributed by atoms with E-state index in [0.29, 0.717) is 5.56 Å². The first kappa shape index (κ1) is 15.5. The average Bonchev–Trinajstić information content (AvgIpc) is 2.95. The molecule has 0 saturated carbocycles. The summed E-state index contributed by atoms with van der Waals surface area (Å²) in [6.07, 6.45) is 0. The van der Waals surface area contributed by atoms with Crippen molar-refractivity contribution in [2.75, 3.05) is 19.9 Å². The van der Waals surface area contributed by atoms with Crippen LogP contribution >= 0.6 is 15.9 Å². The van der Waals surface area contributed by atoms with E-state index in [1.54, 1.807) is 24.3 Å². The molecule has 1 saturated heterocycles. The number of hydrogen-bond donors (Lipinski definition) is 2. The van der Waals surface area contributed by atoms with Gasteiger partial charge in [0.1, 0.15) is 6.73 Å². The van der Waals surface area contributed by atoms with Crippen molar-refractivity contribution in [3.63, 3.8) is 0 Å². The van der Waals surface area contributed by atoms with Gasteiger partial charge in [-0.3, -0.25) is 9.59 Å². The van der Waals surface area contributed by atoms with Crippen molar-refractivity contribution in [2.24, 2.45) is 0 Å². The van der Waals surface area contributed by atoms with Gasteiger partial charge in [0.2, 0.25) is 5.91 Å². The second-order valence-electron chi connectivity index (χ2n) is 4.41. The molecule has 112 valence electrons. The number of ether oxygens (including phenoxy) is 1. The summed E-state index contributed by atoms with van der Waals surface area (Å²) in [5, 5.41) is 11.4. The minimum absolute atomic E-state index is 0.0399. The number of amides is 2. The lowest BCUT2D eigenvalue weighted by Crippen LogP contribution is -2.46. The van der Waals surface area contributed by atoms with Crippen molar-refractivity contribution in [1.82, 2.24) is 10.2 Å². The number of aliphatic carboxylic acids is 1. The van der Waals surface area contributed by atoms with Gasteiger partial charge in [0, 0.05) is 10.0 Å². The summed E-state index contributed by atoms with van der Waals surface area (Å²) < 4.78 is 5.80. The molecule has 1 fully saturated rings. The van der Waals surface area contributed by atoms with Gasteiger partial charge in [-0.1, -0.05) is 15.9 Å². The second kappa shape index (κ2) is 6.68. The zero-order valence-corrected chi connectivity index (χ0v) is 12.5. The number of hydrogen-bond acceptors (Lipinski definition) is 4. The van der Waals surface area contributed by atoms with E-state index in [9.17, 15) is 14.4 Å². The number of halogens is 1. The molecular weight excluding hydrogens is 344 g/mol. The second-order valence-corrected chi connectivity index (χ2v) is 5.32. The quantitative estimate of drug-likeness (QED) is 0.816. The van der Waals surface area contributed by atoms with Crippen LogP contribution < -0.4 is 5.32 Å². The zero-order valence-electron chi connectivity index (χ0n) is 10.9. The molecule has 8 heteroatoms. The minimum atomic E-state index is -1.12. The first-order chi connectivity index (χ1) is 9.99. The van der Waals surface area contributed by atoms with Gasteiger partial charge in [0.25, 0.3) is 5.91 Å². The molecule has 2 amide bonds. The van der Waals surface area contributed by atoms with Gasteiger partial charge in [-0.05, 0) is 24.3 Å². The standard InChI is InChI=1S/C13H13BrN2O5/c14-9-3-1-8(2-4-9)12(18)15-5-11(17)16-7-21-6-10(16)13(19)20/h1-4,10H,5-7H2,(H,15,18)(H,19,20). The van der Waals surface area contributed by atoms with Crippen molar-refractivity contribution in [1.29, 1.82) is 0 Å². The predicted molar refractivity (Wildman–Crippen MR) is 75.6 cm³/mol. The number of carboxylic acid groups (broad SMARTS) is 1. The molecule has 1 aromatic carbocycles. The van der Waals surface area contributed by atoms with Crippen LogP contribution in [0.3, 0.4) is 0 Å². The molecule has 1 aliphatic heterocycles. The van der Waals surface area contributed by atoms with E-state index < -0.39 is 23.8 Å². The summed E-state index contributed by atoms with van der Waals surface area (Å²) >= 11 is 3.26. The number of nitrogens with one attached hydrogen (secondary N) is 1. The molecule has 1 heterocycles. The normalized spacial score (nSPS) is 17.6. The Labute approximate surface area is 129 Å². The van der Waals surface area contributed by atoms with Gasteiger partial charge in [0.05, 0.1) is 13.2 Å². The maximum atomic E-state index is 11.9. The van der Waals surface area contributed by atoms with Crippen LogP contribution in [0.4, 0.5) is 0 Å². The van der Waals surface area contributed by atoms with Gasteiger partial charge in [0.15, 0.2) is 6.04 Å². The van der Waals surface area contributed by atoms with Crippen LogP contribution in [0.2, 0.25) is 0 Å². The Balaban J connectivity index is 1.90. The highest BCUT2D eigenvalue weighted by Gasteiger charge is 2.34. The molecule has 21 heavy (non-hydrogen) atoms. The van der Waals surface area contributed by atoms with Crippen LogP contribution in [0.25, 0.3) is 0 Å². The van der Waals surface area contributed by atoms with Gasteiger partial charge in [-0.25, -0.2) is 4.79 Å². The minimum Gasteiger partial charge on any atom is -0.480 e. The van der Waals surface area contributed by atoms with Gasteiger partial charge < -0.3 is 20.1 Å². The van der Waals surface area contributed by atoms with Crippen molar-refractivity contribution in [2.45, 2.75) is 6.04 Å². The summed E-state index contributed by atoms with van der Waals surface area (Å²) in [5.41, 5.74) is 0.415. The lowest BCUT2D eigenvalue weighted by molar-refractivity contribution is -0.147. The number of carbonyl (C=O) groups excluding carboxylic acids is 2. The number of carboxylic acids is 1. The van der Waals surface area contributed by atoms with Gasteiger partial charge >= 0.3 is 5.97 Å². The van der Waals surface area contributed by atoms with Crippen molar-refractivity contribution < 1.29 is 24.2 Å². The predicted octanol–water partition coefficient (Wildman–Crippen LogP) is 0.448. The molecule has 7 nitrogen and oxygen atoms in total. The molecule has 1 atom stereocenters. The Morgan fingerprint density at radius 1 is 1.33 bits per heavy atom. The van der Waals surface area contributed by atoms with Crippen LogP contribution in [-0.2, 0) is 14.3 Å². The van der Waals surface area contributed by atoms with E-state index in [2.05, 4.69) is 21.2 Å². The van der Waals surface area contributed by atoms with E-state index in [1.165, 1.54) is 0 Å². The van der Waals surface area contributed by atoms with Crippen LogP contribution in [0, 0.1) is 0 Å². The van der Waals surface area contributed by atoms with Crippen LogP contribution in [0.1, 0.15) is 10.4 Å². The zero-order chi connectivity index (χ0) is 15.4. The fraction of sp³-hybridized carbons (Fsp3) is 0.308. The SMILES string of the molecule is O=C(NCC(=O)N1COCC1C(=O)O)c1ccc(Br)cc1. The molecule has 0 aliphatic carbocycles. The molecule has 1 unspecified atom stereocenters. The Morgan fingerprint density at radius 2 is 2.00 bits per heavy atom. The number of rotatable bonds is 4. The van der Waals surface area contributed by atoms with Crippen molar-refractivity contribution >= 4 is 33.7 Å². The monoisotopic (exact) mass is 356 g/mol. The van der Waals surface area contributed by atoms with E-state index in [0.717, 1.165) is 9.37 Å². The summed E-state index contributed by atoms with van der Waals surface area (Å²) in [6.45, 7) is -0.395. The molecule has 0 radical (unpaired) electrons. The largest absolute Gasteiger partial charge is 0.480 e. The maximum Gasteiger partial charge on any atom is 0.328 e. The lowest BCUT2D eigenvalue weighted by Gasteiger charge is -2.19. The third-order valence-corrected chi connectivity index (χ3v) is 3.52. The van der Waals surface area contributed by atoms with Crippen molar-refractivity contribution in [3.05, 3.63) is 34.3 Å². The van der Waals surface area contributed by atoms with E-state index in [4.69, 9.17) is 9.84 Å². The first-order valence-electron chi connectivity index (χ1n) is 6.13. The summed E-state index contributed by atoms with van der Waals surface area (Å²) in [5.74, 6) is -2.02. The van der Waals surface area contributed by atoms with E-state index >= 15 is 0 Å². The molecule has 0 bridgehead atoms. The molecular formula is C13H13BrN2O5. The number of carbonyl (C=O) groups is 3.